The normalized spacial score (nSPS) is 11.3. The van der Waals surface area contributed by atoms with Crippen molar-refractivity contribution in [1.29, 1.82) is 0 Å². The number of allylic oxidation sites excluding steroid dienone is 2. The summed E-state index contributed by atoms with van der Waals surface area (Å²) in [5.41, 5.74) is -0.746. The molecule has 72 valence electrons. The van der Waals surface area contributed by atoms with Gasteiger partial charge in [0.1, 0.15) is 5.60 Å². The van der Waals surface area contributed by atoms with Crippen LogP contribution in [0.25, 0.3) is 0 Å². The van der Waals surface area contributed by atoms with Crippen LogP contribution in [0.4, 0.5) is 0 Å². The number of hydrogen-bond acceptors (Lipinski definition) is 3. The quantitative estimate of drug-likeness (QED) is 0.490. The van der Waals surface area contributed by atoms with Gasteiger partial charge in [-0.15, -0.1) is 0 Å². The van der Waals surface area contributed by atoms with Gasteiger partial charge in [0.2, 0.25) is 0 Å². The number of rotatable bonds is 4. The Morgan fingerprint density at radius 3 is 2.31 bits per heavy atom. The largest absolute Gasteiger partial charge is 0.456 e. The molecule has 0 aromatic rings. The van der Waals surface area contributed by atoms with Crippen LogP contribution in [0.15, 0.2) is 24.8 Å². The summed E-state index contributed by atoms with van der Waals surface area (Å²) >= 11 is 0. The van der Waals surface area contributed by atoms with Crippen molar-refractivity contribution in [3.63, 3.8) is 0 Å². The van der Waals surface area contributed by atoms with Gasteiger partial charge in [-0.1, -0.05) is 6.58 Å². The first kappa shape index (κ1) is 11.6. The summed E-state index contributed by atoms with van der Waals surface area (Å²) in [6, 6.07) is 0. The SMILES string of the molecule is C=CC(=O)C=CC(C)(C)OC(C)=O. The van der Waals surface area contributed by atoms with Crippen LogP contribution in [-0.2, 0) is 14.3 Å². The molecule has 3 heteroatoms. The maximum atomic E-state index is 10.8. The Bertz CT molecular complexity index is 249. The molecular weight excluding hydrogens is 168 g/mol. The first-order valence-electron chi connectivity index (χ1n) is 3.92. The second-order valence-corrected chi connectivity index (χ2v) is 3.14. The number of carbonyl (C=O) groups excluding carboxylic acids is 2. The van der Waals surface area contributed by atoms with Gasteiger partial charge >= 0.3 is 5.97 Å². The number of ketones is 1. The first-order valence-corrected chi connectivity index (χ1v) is 3.92. The van der Waals surface area contributed by atoms with Gasteiger partial charge in [-0.3, -0.25) is 9.59 Å². The summed E-state index contributed by atoms with van der Waals surface area (Å²) in [6.07, 6.45) is 4.05. The summed E-state index contributed by atoms with van der Waals surface area (Å²) in [7, 11) is 0. The third kappa shape index (κ3) is 5.84. The summed E-state index contributed by atoms with van der Waals surface area (Å²) < 4.78 is 4.92. The minimum atomic E-state index is -0.746. The van der Waals surface area contributed by atoms with E-state index in [0.29, 0.717) is 0 Å². The van der Waals surface area contributed by atoms with E-state index in [1.54, 1.807) is 13.8 Å². The summed E-state index contributed by atoms with van der Waals surface area (Å²) in [5.74, 6) is -0.582. The minimum Gasteiger partial charge on any atom is -0.456 e. The lowest BCUT2D eigenvalue weighted by Gasteiger charge is -2.19. The van der Waals surface area contributed by atoms with Crippen molar-refractivity contribution in [2.75, 3.05) is 0 Å². The molecule has 0 amide bonds. The Kier molecular flexibility index (Phi) is 4.11. The van der Waals surface area contributed by atoms with E-state index in [-0.39, 0.29) is 11.8 Å². The predicted octanol–water partition coefficient (Wildman–Crippen LogP) is 1.64. The molecule has 0 bridgehead atoms. The van der Waals surface area contributed by atoms with E-state index < -0.39 is 5.60 Å². The van der Waals surface area contributed by atoms with Gasteiger partial charge in [0.05, 0.1) is 0 Å². The van der Waals surface area contributed by atoms with Crippen molar-refractivity contribution in [3.05, 3.63) is 24.8 Å². The lowest BCUT2D eigenvalue weighted by atomic mass is 10.1. The molecule has 0 aliphatic heterocycles. The molecule has 0 N–H and O–H groups in total. The van der Waals surface area contributed by atoms with Crippen molar-refractivity contribution < 1.29 is 14.3 Å². The van der Waals surface area contributed by atoms with Crippen LogP contribution in [0, 0.1) is 0 Å². The van der Waals surface area contributed by atoms with E-state index in [1.165, 1.54) is 25.2 Å². The van der Waals surface area contributed by atoms with E-state index in [0.717, 1.165) is 0 Å². The third-order valence-electron chi connectivity index (χ3n) is 1.26. The van der Waals surface area contributed by atoms with Gasteiger partial charge in [0.15, 0.2) is 5.78 Å². The van der Waals surface area contributed by atoms with Crippen molar-refractivity contribution in [1.82, 2.24) is 0 Å². The van der Waals surface area contributed by atoms with Crippen LogP contribution < -0.4 is 0 Å². The fraction of sp³-hybridized carbons (Fsp3) is 0.400. The Balaban J connectivity index is 4.31. The van der Waals surface area contributed by atoms with Crippen molar-refractivity contribution in [2.45, 2.75) is 26.4 Å². The summed E-state index contributed by atoms with van der Waals surface area (Å²) in [5, 5.41) is 0. The second-order valence-electron chi connectivity index (χ2n) is 3.14. The van der Waals surface area contributed by atoms with Crippen LogP contribution >= 0.6 is 0 Å². The van der Waals surface area contributed by atoms with Gasteiger partial charge in [-0.2, -0.15) is 0 Å². The fourth-order valence-corrected chi connectivity index (χ4v) is 0.755. The van der Waals surface area contributed by atoms with Crippen LogP contribution in [-0.4, -0.2) is 17.4 Å². The molecule has 0 atom stereocenters. The molecular formula is C10H14O3. The topological polar surface area (TPSA) is 43.4 Å². The molecule has 0 radical (unpaired) electrons. The Morgan fingerprint density at radius 1 is 1.38 bits per heavy atom. The molecule has 0 unspecified atom stereocenters. The van der Waals surface area contributed by atoms with Gasteiger partial charge in [0.25, 0.3) is 0 Å². The van der Waals surface area contributed by atoms with Crippen LogP contribution in [0.3, 0.4) is 0 Å². The molecule has 0 rings (SSSR count). The highest BCUT2D eigenvalue weighted by Gasteiger charge is 2.16. The van der Waals surface area contributed by atoms with E-state index in [2.05, 4.69) is 6.58 Å². The van der Waals surface area contributed by atoms with Crippen LogP contribution in [0.2, 0.25) is 0 Å². The average Bonchev–Trinajstić information content (AvgIpc) is 1.98. The summed E-state index contributed by atoms with van der Waals surface area (Å²) in [4.78, 5) is 21.4. The lowest BCUT2D eigenvalue weighted by molar-refractivity contribution is -0.149. The molecule has 0 saturated carbocycles. The molecule has 0 fully saturated rings. The molecule has 13 heavy (non-hydrogen) atoms. The Morgan fingerprint density at radius 2 is 1.92 bits per heavy atom. The maximum absolute atomic E-state index is 10.8. The molecule has 0 spiro atoms. The zero-order valence-corrected chi connectivity index (χ0v) is 8.16. The molecule has 0 aromatic carbocycles. The molecule has 0 heterocycles. The van der Waals surface area contributed by atoms with E-state index in [4.69, 9.17) is 4.74 Å². The van der Waals surface area contributed by atoms with E-state index in [1.807, 2.05) is 0 Å². The summed E-state index contributed by atoms with van der Waals surface area (Å²) in [6.45, 7) is 8.03. The molecule has 0 aliphatic carbocycles. The second kappa shape index (κ2) is 4.60. The van der Waals surface area contributed by atoms with Crippen molar-refractivity contribution >= 4 is 11.8 Å². The number of carbonyl (C=O) groups is 2. The highest BCUT2D eigenvalue weighted by molar-refractivity contribution is 5.98. The van der Waals surface area contributed by atoms with Gasteiger partial charge < -0.3 is 4.74 Å². The van der Waals surface area contributed by atoms with Gasteiger partial charge in [-0.05, 0) is 32.1 Å². The number of hydrogen-bond donors (Lipinski definition) is 0. The predicted molar refractivity (Wildman–Crippen MR) is 50.2 cm³/mol. The molecule has 0 aliphatic rings. The van der Waals surface area contributed by atoms with Gasteiger partial charge in [-0.25, -0.2) is 0 Å². The van der Waals surface area contributed by atoms with E-state index >= 15 is 0 Å². The average molecular weight is 182 g/mol. The van der Waals surface area contributed by atoms with Crippen molar-refractivity contribution in [2.24, 2.45) is 0 Å². The monoisotopic (exact) mass is 182 g/mol. The molecule has 0 aromatic heterocycles. The maximum Gasteiger partial charge on any atom is 0.303 e. The van der Waals surface area contributed by atoms with Crippen LogP contribution in [0.1, 0.15) is 20.8 Å². The fourth-order valence-electron chi connectivity index (χ4n) is 0.755. The highest BCUT2D eigenvalue weighted by Crippen LogP contribution is 2.10. The minimum absolute atomic E-state index is 0.208. The first-order chi connectivity index (χ1) is 5.87. The zero-order chi connectivity index (χ0) is 10.5. The van der Waals surface area contributed by atoms with E-state index in [9.17, 15) is 9.59 Å². The molecule has 3 nitrogen and oxygen atoms in total. The van der Waals surface area contributed by atoms with Crippen molar-refractivity contribution in [3.8, 4) is 0 Å². The highest BCUT2D eigenvalue weighted by atomic mass is 16.6. The lowest BCUT2D eigenvalue weighted by Crippen LogP contribution is -2.24. The Labute approximate surface area is 78.1 Å². The van der Waals surface area contributed by atoms with Gasteiger partial charge in [0, 0.05) is 6.92 Å². The van der Waals surface area contributed by atoms with Crippen LogP contribution in [0.5, 0.6) is 0 Å². The number of ether oxygens (including phenoxy) is 1. The zero-order valence-electron chi connectivity index (χ0n) is 8.16. The third-order valence-corrected chi connectivity index (χ3v) is 1.26. The molecule has 0 saturated heterocycles. The standard InChI is InChI=1S/C10H14O3/c1-5-9(12)6-7-10(3,4)13-8(2)11/h5-7H,1H2,2-4H3. The smallest absolute Gasteiger partial charge is 0.303 e. The number of esters is 1. The Hall–Kier alpha value is -1.38.